The number of carbonyl (C=O) groups is 1. The van der Waals surface area contributed by atoms with Crippen LogP contribution in [0.1, 0.15) is 21.6 Å². The molecule has 0 aliphatic carbocycles. The van der Waals surface area contributed by atoms with Crippen molar-refractivity contribution < 1.29 is 13.9 Å². The lowest BCUT2D eigenvalue weighted by atomic mass is 9.94. The van der Waals surface area contributed by atoms with Gasteiger partial charge in [0.05, 0.1) is 12.6 Å². The number of hydrogen-bond acceptors (Lipinski definition) is 4. The average molecular weight is 387 g/mol. The van der Waals surface area contributed by atoms with E-state index >= 15 is 0 Å². The molecule has 2 heterocycles. The van der Waals surface area contributed by atoms with Crippen LogP contribution in [0.15, 0.2) is 66.9 Å². The molecule has 6 heteroatoms. The molecule has 0 fully saturated rings. The van der Waals surface area contributed by atoms with Crippen molar-refractivity contribution in [1.29, 1.82) is 0 Å². The van der Waals surface area contributed by atoms with Crippen molar-refractivity contribution in [1.82, 2.24) is 9.97 Å². The summed E-state index contributed by atoms with van der Waals surface area (Å²) < 4.78 is 18.9. The van der Waals surface area contributed by atoms with E-state index in [1.54, 1.807) is 31.5 Å². The summed E-state index contributed by atoms with van der Waals surface area (Å²) in [5, 5.41) is 0.929. The molecule has 1 amide bonds. The van der Waals surface area contributed by atoms with Crippen molar-refractivity contribution >= 4 is 16.8 Å². The molecule has 2 N–H and O–H groups in total. The predicted octanol–water partition coefficient (Wildman–Crippen LogP) is 4.13. The van der Waals surface area contributed by atoms with E-state index in [4.69, 9.17) is 10.5 Å². The minimum atomic E-state index is -0.580. The fraction of sp³-hybridized carbons (Fsp3) is 0.0870. The van der Waals surface area contributed by atoms with Gasteiger partial charge in [-0.3, -0.25) is 4.79 Å². The van der Waals surface area contributed by atoms with E-state index in [1.807, 2.05) is 30.3 Å². The number of nitrogens with two attached hydrogens (primary N) is 1. The number of hydrogen-bond donors (Lipinski definition) is 1. The van der Waals surface area contributed by atoms with Crippen molar-refractivity contribution in [3.63, 3.8) is 0 Å². The Balaban J connectivity index is 1.89. The molecule has 0 unspecified atom stereocenters. The highest BCUT2D eigenvalue weighted by atomic mass is 19.1. The van der Waals surface area contributed by atoms with Gasteiger partial charge >= 0.3 is 0 Å². The van der Waals surface area contributed by atoms with Crippen LogP contribution < -0.4 is 10.5 Å². The smallest absolute Gasteiger partial charge is 0.267 e. The standard InChI is InChI=1S/C23H18FN3O2/c1-29-23-21(14-6-8-17(24)9-7-14)15(10-11-26-23)12-16-13-20(22(25)28)27-19-5-3-2-4-18(16)19/h2-11,13H,12H2,1H3,(H2,25,28). The van der Waals surface area contributed by atoms with Gasteiger partial charge in [0.25, 0.3) is 5.91 Å². The van der Waals surface area contributed by atoms with Gasteiger partial charge in [0.1, 0.15) is 11.5 Å². The van der Waals surface area contributed by atoms with Gasteiger partial charge in [0.2, 0.25) is 5.88 Å². The molecule has 0 radical (unpaired) electrons. The van der Waals surface area contributed by atoms with Gasteiger partial charge in [0.15, 0.2) is 0 Å². The zero-order valence-electron chi connectivity index (χ0n) is 15.7. The quantitative estimate of drug-likeness (QED) is 0.558. The van der Waals surface area contributed by atoms with Crippen molar-refractivity contribution in [3.8, 4) is 17.0 Å². The Kier molecular flexibility index (Phi) is 4.91. The summed E-state index contributed by atoms with van der Waals surface area (Å²) >= 11 is 0. The molecule has 0 saturated carbocycles. The number of halogens is 1. The zero-order chi connectivity index (χ0) is 20.4. The number of fused-ring (bicyclic) bond motifs is 1. The van der Waals surface area contributed by atoms with Crippen LogP contribution in [0.4, 0.5) is 4.39 Å². The van der Waals surface area contributed by atoms with Crippen molar-refractivity contribution in [2.75, 3.05) is 7.11 Å². The third-order valence-corrected chi connectivity index (χ3v) is 4.76. The van der Waals surface area contributed by atoms with Gasteiger partial charge in [0, 0.05) is 17.1 Å². The second kappa shape index (κ2) is 7.67. The van der Waals surface area contributed by atoms with Crippen LogP contribution in [-0.2, 0) is 6.42 Å². The first-order valence-corrected chi connectivity index (χ1v) is 9.03. The molecule has 0 aliphatic rings. The minimum absolute atomic E-state index is 0.211. The number of primary amides is 1. The van der Waals surface area contributed by atoms with Gasteiger partial charge in [-0.1, -0.05) is 30.3 Å². The van der Waals surface area contributed by atoms with Crippen molar-refractivity contribution in [2.24, 2.45) is 5.73 Å². The Labute approximate surface area is 167 Å². The van der Waals surface area contributed by atoms with E-state index in [0.717, 1.165) is 27.6 Å². The van der Waals surface area contributed by atoms with E-state index in [-0.39, 0.29) is 11.5 Å². The highest BCUT2D eigenvalue weighted by Crippen LogP contribution is 2.34. The van der Waals surface area contributed by atoms with Crippen LogP contribution in [0.25, 0.3) is 22.0 Å². The molecule has 5 nitrogen and oxygen atoms in total. The van der Waals surface area contributed by atoms with E-state index in [1.165, 1.54) is 12.1 Å². The minimum Gasteiger partial charge on any atom is -0.481 e. The van der Waals surface area contributed by atoms with Crippen LogP contribution in [0.2, 0.25) is 0 Å². The molecule has 2 aromatic carbocycles. The summed E-state index contributed by atoms with van der Waals surface area (Å²) in [6.07, 6.45) is 2.16. The fourth-order valence-corrected chi connectivity index (χ4v) is 3.43. The third kappa shape index (κ3) is 3.65. The Bertz CT molecular complexity index is 1210. The number of amides is 1. The predicted molar refractivity (Wildman–Crippen MR) is 109 cm³/mol. The SMILES string of the molecule is COc1nccc(Cc2cc(C(N)=O)nc3ccccc23)c1-c1ccc(F)cc1. The number of benzene rings is 2. The molecule has 4 rings (SSSR count). The number of methoxy groups -OCH3 is 1. The molecule has 2 aromatic heterocycles. The maximum atomic E-state index is 13.4. The largest absolute Gasteiger partial charge is 0.481 e. The average Bonchev–Trinajstić information content (AvgIpc) is 2.74. The fourth-order valence-electron chi connectivity index (χ4n) is 3.43. The molecule has 4 aromatic rings. The number of nitrogens with zero attached hydrogens (tertiary/aromatic N) is 2. The zero-order valence-corrected chi connectivity index (χ0v) is 15.7. The Morgan fingerprint density at radius 3 is 2.55 bits per heavy atom. The Morgan fingerprint density at radius 1 is 1.07 bits per heavy atom. The molecule has 0 bridgehead atoms. The van der Waals surface area contributed by atoms with Gasteiger partial charge in [-0.05, 0) is 53.4 Å². The number of pyridine rings is 2. The summed E-state index contributed by atoms with van der Waals surface area (Å²) in [6.45, 7) is 0. The van der Waals surface area contributed by atoms with Crippen LogP contribution in [-0.4, -0.2) is 23.0 Å². The molecular weight excluding hydrogens is 369 g/mol. The normalized spacial score (nSPS) is 10.8. The molecular formula is C23H18FN3O2. The highest BCUT2D eigenvalue weighted by Gasteiger charge is 2.16. The molecule has 0 saturated heterocycles. The Morgan fingerprint density at radius 2 is 1.83 bits per heavy atom. The lowest BCUT2D eigenvalue weighted by Crippen LogP contribution is -2.14. The van der Waals surface area contributed by atoms with Gasteiger partial charge in [-0.25, -0.2) is 14.4 Å². The van der Waals surface area contributed by atoms with Crippen LogP contribution in [0.3, 0.4) is 0 Å². The summed E-state index contributed by atoms with van der Waals surface area (Å²) in [5.41, 5.74) is 9.79. The number of para-hydroxylation sites is 1. The first-order chi connectivity index (χ1) is 14.1. The molecule has 0 atom stereocenters. The van der Waals surface area contributed by atoms with E-state index in [2.05, 4.69) is 9.97 Å². The molecule has 0 aliphatic heterocycles. The second-order valence-electron chi connectivity index (χ2n) is 6.59. The topological polar surface area (TPSA) is 78.1 Å². The van der Waals surface area contributed by atoms with Crippen LogP contribution in [0.5, 0.6) is 5.88 Å². The summed E-state index contributed by atoms with van der Waals surface area (Å²) in [5.74, 6) is -0.449. The van der Waals surface area contributed by atoms with E-state index in [9.17, 15) is 9.18 Å². The maximum Gasteiger partial charge on any atom is 0.267 e. The highest BCUT2D eigenvalue weighted by molar-refractivity contribution is 5.95. The van der Waals surface area contributed by atoms with E-state index in [0.29, 0.717) is 17.8 Å². The Hall–Kier alpha value is -3.80. The lowest BCUT2D eigenvalue weighted by Gasteiger charge is -2.15. The van der Waals surface area contributed by atoms with Crippen molar-refractivity contribution in [3.05, 3.63) is 89.5 Å². The number of aromatic nitrogens is 2. The summed E-state index contributed by atoms with van der Waals surface area (Å²) in [7, 11) is 1.55. The number of rotatable bonds is 5. The van der Waals surface area contributed by atoms with Crippen LogP contribution in [0, 0.1) is 5.82 Å². The van der Waals surface area contributed by atoms with Crippen molar-refractivity contribution in [2.45, 2.75) is 6.42 Å². The lowest BCUT2D eigenvalue weighted by molar-refractivity contribution is 0.0996. The molecule has 144 valence electrons. The summed E-state index contributed by atoms with van der Waals surface area (Å²) in [6, 6.07) is 17.4. The van der Waals surface area contributed by atoms with Gasteiger partial charge < -0.3 is 10.5 Å². The first-order valence-electron chi connectivity index (χ1n) is 9.03. The maximum absolute atomic E-state index is 13.4. The van der Waals surface area contributed by atoms with Gasteiger partial charge in [-0.2, -0.15) is 0 Å². The number of ether oxygens (including phenoxy) is 1. The van der Waals surface area contributed by atoms with E-state index < -0.39 is 5.91 Å². The second-order valence-corrected chi connectivity index (χ2v) is 6.59. The van der Waals surface area contributed by atoms with Gasteiger partial charge in [-0.15, -0.1) is 0 Å². The molecule has 0 spiro atoms. The molecule has 29 heavy (non-hydrogen) atoms. The third-order valence-electron chi connectivity index (χ3n) is 4.76. The summed E-state index contributed by atoms with van der Waals surface area (Å²) in [4.78, 5) is 20.4. The first kappa shape index (κ1) is 18.6. The monoisotopic (exact) mass is 387 g/mol. The number of carbonyl (C=O) groups excluding carboxylic acids is 1. The van der Waals surface area contributed by atoms with Crippen LogP contribution >= 0.6 is 0 Å².